The number of rotatable bonds is 3. The van der Waals surface area contributed by atoms with Crippen LogP contribution >= 0.6 is 0 Å². The lowest BCUT2D eigenvalue weighted by atomic mass is 10.2. The molecular weight excluding hydrogens is 140 g/mol. The van der Waals surface area contributed by atoms with Crippen LogP contribution in [0.25, 0.3) is 0 Å². The molecule has 0 heterocycles. The molecule has 2 unspecified atom stereocenters. The third kappa shape index (κ3) is 2.38. The van der Waals surface area contributed by atoms with Gasteiger partial charge in [-0.3, -0.25) is 5.43 Å². The molecule has 4 heteroatoms. The normalized spacial score (nSPS) is 30.2. The molecule has 4 nitrogen and oxygen atoms in total. The lowest BCUT2D eigenvalue weighted by molar-refractivity contribution is 0.682. The molecular formula is C7H16N4. The van der Waals surface area contributed by atoms with Crippen LogP contribution in [-0.4, -0.2) is 12.0 Å². The molecule has 11 heavy (non-hydrogen) atoms. The van der Waals surface area contributed by atoms with Crippen LogP contribution in [0.5, 0.6) is 0 Å². The molecule has 1 saturated carbocycles. The topological polar surface area (TPSA) is 76.4 Å². The number of nitrogens with two attached hydrogens (primary N) is 2. The van der Waals surface area contributed by atoms with Gasteiger partial charge in [0.15, 0.2) is 0 Å². The summed E-state index contributed by atoms with van der Waals surface area (Å²) in [5.41, 5.74) is 7.71. The maximum Gasteiger partial charge on any atom is 0.203 e. The van der Waals surface area contributed by atoms with E-state index in [1.165, 1.54) is 19.3 Å². The van der Waals surface area contributed by atoms with Gasteiger partial charge in [0, 0.05) is 0 Å². The largest absolute Gasteiger partial charge is 0.369 e. The van der Waals surface area contributed by atoms with E-state index in [-0.39, 0.29) is 0 Å². The Hall–Kier alpha value is -0.770. The second-order valence-corrected chi connectivity index (χ2v) is 3.01. The summed E-state index contributed by atoms with van der Waals surface area (Å²) in [6.07, 6.45) is 3.66. The Kier molecular flexibility index (Phi) is 2.70. The fourth-order valence-corrected chi connectivity index (χ4v) is 1.29. The predicted molar refractivity (Wildman–Crippen MR) is 45.7 cm³/mol. The highest BCUT2D eigenvalue weighted by molar-refractivity contribution is 5.77. The average Bonchev–Trinajstić information content (AvgIpc) is 2.69. The minimum Gasteiger partial charge on any atom is -0.369 e. The Morgan fingerprint density at radius 2 is 2.45 bits per heavy atom. The van der Waals surface area contributed by atoms with Crippen LogP contribution in [0.2, 0.25) is 0 Å². The van der Waals surface area contributed by atoms with Gasteiger partial charge in [-0.1, -0.05) is 13.3 Å². The predicted octanol–water partition coefficient (Wildman–Crippen LogP) is -0.0470. The summed E-state index contributed by atoms with van der Waals surface area (Å²) < 4.78 is 0. The Morgan fingerprint density at radius 1 is 1.73 bits per heavy atom. The van der Waals surface area contributed by atoms with Gasteiger partial charge in [0.2, 0.25) is 5.96 Å². The van der Waals surface area contributed by atoms with Gasteiger partial charge in [-0.05, 0) is 18.8 Å². The number of nitrogens with one attached hydrogen (secondary N) is 1. The highest BCUT2D eigenvalue weighted by Crippen LogP contribution is 2.37. The zero-order valence-electron chi connectivity index (χ0n) is 6.88. The maximum absolute atomic E-state index is 5.39. The van der Waals surface area contributed by atoms with E-state index in [1.807, 2.05) is 0 Å². The Morgan fingerprint density at radius 3 is 3.00 bits per heavy atom. The van der Waals surface area contributed by atoms with Crippen LogP contribution < -0.4 is 17.0 Å². The van der Waals surface area contributed by atoms with Gasteiger partial charge in [-0.25, -0.2) is 10.8 Å². The summed E-state index contributed by atoms with van der Waals surface area (Å²) in [5.74, 6) is 6.17. The molecule has 5 N–H and O–H groups in total. The highest BCUT2D eigenvalue weighted by Gasteiger charge is 2.35. The lowest BCUT2D eigenvalue weighted by Crippen LogP contribution is -2.37. The van der Waals surface area contributed by atoms with Crippen molar-refractivity contribution in [3.8, 4) is 0 Å². The van der Waals surface area contributed by atoms with Gasteiger partial charge in [0.05, 0.1) is 6.04 Å². The summed E-state index contributed by atoms with van der Waals surface area (Å²) >= 11 is 0. The third-order valence-corrected chi connectivity index (χ3v) is 2.00. The summed E-state index contributed by atoms with van der Waals surface area (Å²) in [6.45, 7) is 2.18. The van der Waals surface area contributed by atoms with Gasteiger partial charge in [0.25, 0.3) is 0 Å². The fraction of sp³-hybridized carbons (Fsp3) is 0.857. The first-order valence-electron chi connectivity index (χ1n) is 4.07. The van der Waals surface area contributed by atoms with E-state index in [9.17, 15) is 0 Å². The van der Waals surface area contributed by atoms with Crippen LogP contribution in [0, 0.1) is 5.92 Å². The maximum atomic E-state index is 5.39. The molecule has 1 aliphatic carbocycles. The average molecular weight is 156 g/mol. The van der Waals surface area contributed by atoms with Crippen LogP contribution in [0.1, 0.15) is 26.2 Å². The first-order valence-corrected chi connectivity index (χ1v) is 4.07. The Bertz CT molecular complexity index is 155. The van der Waals surface area contributed by atoms with Gasteiger partial charge >= 0.3 is 0 Å². The standard InChI is InChI=1S/C7H16N4/c1-2-3-5-4-6(5)10-7(8)11-9/h5-6H,2-4,9H2,1H3,(H3,8,10,11). The molecule has 0 aromatic carbocycles. The molecule has 64 valence electrons. The van der Waals surface area contributed by atoms with Crippen molar-refractivity contribution in [2.75, 3.05) is 0 Å². The molecule has 0 bridgehead atoms. The quantitative estimate of drug-likeness (QED) is 0.232. The third-order valence-electron chi connectivity index (χ3n) is 2.00. The Balaban J connectivity index is 2.22. The molecule has 0 spiro atoms. The van der Waals surface area contributed by atoms with Crippen molar-refractivity contribution in [1.29, 1.82) is 0 Å². The monoisotopic (exact) mass is 156 g/mol. The second kappa shape index (κ2) is 3.57. The van der Waals surface area contributed by atoms with E-state index < -0.39 is 0 Å². The van der Waals surface area contributed by atoms with Gasteiger partial charge in [-0.2, -0.15) is 0 Å². The van der Waals surface area contributed by atoms with Crippen molar-refractivity contribution < 1.29 is 0 Å². The van der Waals surface area contributed by atoms with Crippen molar-refractivity contribution in [2.24, 2.45) is 22.5 Å². The molecule has 1 aliphatic rings. The van der Waals surface area contributed by atoms with Gasteiger partial charge in [0.1, 0.15) is 0 Å². The smallest absolute Gasteiger partial charge is 0.203 e. The first kappa shape index (κ1) is 8.33. The first-order chi connectivity index (χ1) is 5.27. The van der Waals surface area contributed by atoms with Crippen molar-refractivity contribution in [3.63, 3.8) is 0 Å². The SMILES string of the molecule is CCCC1CC1N=C(N)NN. The number of hydrogen-bond acceptors (Lipinski definition) is 2. The molecule has 0 saturated heterocycles. The van der Waals surface area contributed by atoms with Crippen LogP contribution in [0.4, 0.5) is 0 Å². The number of nitrogens with zero attached hydrogens (tertiary/aromatic N) is 1. The van der Waals surface area contributed by atoms with Gasteiger partial charge in [-0.15, -0.1) is 0 Å². The van der Waals surface area contributed by atoms with Crippen LogP contribution in [-0.2, 0) is 0 Å². The number of guanidine groups is 1. The fourth-order valence-electron chi connectivity index (χ4n) is 1.29. The zero-order valence-corrected chi connectivity index (χ0v) is 6.88. The van der Waals surface area contributed by atoms with E-state index in [0.717, 1.165) is 5.92 Å². The van der Waals surface area contributed by atoms with E-state index in [4.69, 9.17) is 11.6 Å². The van der Waals surface area contributed by atoms with Crippen molar-refractivity contribution in [1.82, 2.24) is 5.43 Å². The van der Waals surface area contributed by atoms with E-state index >= 15 is 0 Å². The minimum absolute atomic E-state index is 0.355. The molecule has 0 amide bonds. The number of hydrogen-bond donors (Lipinski definition) is 3. The van der Waals surface area contributed by atoms with Gasteiger partial charge < -0.3 is 5.73 Å². The minimum atomic E-state index is 0.355. The molecule has 2 atom stereocenters. The summed E-state index contributed by atoms with van der Waals surface area (Å²) in [5, 5.41) is 0. The van der Waals surface area contributed by atoms with Crippen molar-refractivity contribution in [3.05, 3.63) is 0 Å². The summed E-state index contributed by atoms with van der Waals surface area (Å²) in [6, 6.07) is 0.436. The molecule has 0 aliphatic heterocycles. The summed E-state index contributed by atoms with van der Waals surface area (Å²) in [4.78, 5) is 4.17. The summed E-state index contributed by atoms with van der Waals surface area (Å²) in [7, 11) is 0. The molecule has 0 aromatic rings. The van der Waals surface area contributed by atoms with Crippen LogP contribution in [0.3, 0.4) is 0 Å². The number of hydrazine groups is 1. The number of aliphatic imine (C=N–C) groups is 1. The molecule has 0 aromatic heterocycles. The Labute approximate surface area is 67.0 Å². The van der Waals surface area contributed by atoms with Crippen molar-refractivity contribution >= 4 is 5.96 Å². The lowest BCUT2D eigenvalue weighted by Gasteiger charge is -1.96. The van der Waals surface area contributed by atoms with Crippen molar-refractivity contribution in [2.45, 2.75) is 32.2 Å². The highest BCUT2D eigenvalue weighted by atomic mass is 15.3. The molecule has 1 fully saturated rings. The molecule has 0 radical (unpaired) electrons. The second-order valence-electron chi connectivity index (χ2n) is 3.01. The zero-order chi connectivity index (χ0) is 8.27. The van der Waals surface area contributed by atoms with E-state index in [1.54, 1.807) is 0 Å². The van der Waals surface area contributed by atoms with E-state index in [2.05, 4.69) is 17.3 Å². The molecule has 1 rings (SSSR count). The van der Waals surface area contributed by atoms with E-state index in [0.29, 0.717) is 12.0 Å². The van der Waals surface area contributed by atoms with Crippen LogP contribution in [0.15, 0.2) is 4.99 Å².